The Kier molecular flexibility index (Phi) is 4.53. The van der Waals surface area contributed by atoms with Crippen LogP contribution in [-0.4, -0.2) is 38.5 Å². The molecular formula is C12H14BrN3O. The van der Waals surface area contributed by atoms with E-state index in [-0.39, 0.29) is 5.91 Å². The van der Waals surface area contributed by atoms with Crippen LogP contribution in [0.2, 0.25) is 0 Å². The molecule has 1 rings (SSSR count). The second-order valence-electron chi connectivity index (χ2n) is 3.92. The molecule has 4 nitrogen and oxygen atoms in total. The summed E-state index contributed by atoms with van der Waals surface area (Å²) in [5, 5.41) is 8.76. The molecule has 0 spiro atoms. The van der Waals surface area contributed by atoms with E-state index in [1.54, 1.807) is 31.1 Å². The molecule has 1 aromatic rings. The number of halogens is 1. The standard InChI is InChI=1S/C12H14BrN3O/c1-15(2)12(17)8-16(3)11-5-4-9(7-14)6-10(11)13/h4-6H,8H2,1-3H3. The molecule has 0 radical (unpaired) electrons. The lowest BCUT2D eigenvalue weighted by atomic mass is 10.2. The fourth-order valence-electron chi connectivity index (χ4n) is 1.32. The molecule has 1 amide bonds. The van der Waals surface area contributed by atoms with Gasteiger partial charge in [-0.25, -0.2) is 0 Å². The molecule has 0 unspecified atom stereocenters. The van der Waals surface area contributed by atoms with Crippen LogP contribution < -0.4 is 4.90 Å². The van der Waals surface area contributed by atoms with Crippen molar-refractivity contribution in [1.29, 1.82) is 5.26 Å². The lowest BCUT2D eigenvalue weighted by Gasteiger charge is -2.22. The summed E-state index contributed by atoms with van der Waals surface area (Å²) in [6.45, 7) is 0.303. The van der Waals surface area contributed by atoms with Gasteiger partial charge >= 0.3 is 0 Å². The lowest BCUT2D eigenvalue weighted by Crippen LogP contribution is -2.34. The number of rotatable bonds is 3. The number of amides is 1. The highest BCUT2D eigenvalue weighted by Gasteiger charge is 2.11. The van der Waals surface area contributed by atoms with E-state index in [1.807, 2.05) is 18.0 Å². The molecular weight excluding hydrogens is 282 g/mol. The second-order valence-corrected chi connectivity index (χ2v) is 4.78. The van der Waals surface area contributed by atoms with E-state index >= 15 is 0 Å². The van der Waals surface area contributed by atoms with Gasteiger partial charge in [0.05, 0.1) is 23.9 Å². The molecule has 0 N–H and O–H groups in total. The van der Waals surface area contributed by atoms with Gasteiger partial charge in [0, 0.05) is 25.6 Å². The van der Waals surface area contributed by atoms with Crippen molar-refractivity contribution < 1.29 is 4.79 Å². The molecule has 0 bridgehead atoms. The minimum atomic E-state index is 0.0313. The zero-order valence-electron chi connectivity index (χ0n) is 10.1. The van der Waals surface area contributed by atoms with Crippen LogP contribution in [0.25, 0.3) is 0 Å². The number of nitriles is 1. The highest BCUT2D eigenvalue weighted by atomic mass is 79.9. The van der Waals surface area contributed by atoms with Crippen molar-refractivity contribution in [3.8, 4) is 6.07 Å². The maximum Gasteiger partial charge on any atom is 0.241 e. The first-order valence-electron chi connectivity index (χ1n) is 5.06. The Balaban J connectivity index is 2.87. The van der Waals surface area contributed by atoms with Gasteiger partial charge in [-0.15, -0.1) is 0 Å². The molecule has 90 valence electrons. The highest BCUT2D eigenvalue weighted by Crippen LogP contribution is 2.26. The molecule has 0 aromatic heterocycles. The third kappa shape index (κ3) is 3.46. The van der Waals surface area contributed by atoms with E-state index in [1.165, 1.54) is 0 Å². The van der Waals surface area contributed by atoms with Crippen LogP contribution in [0.1, 0.15) is 5.56 Å². The molecule has 0 heterocycles. The Hall–Kier alpha value is -1.54. The number of likely N-dealkylation sites (N-methyl/N-ethyl adjacent to an activating group) is 2. The third-order valence-electron chi connectivity index (χ3n) is 2.36. The first-order valence-corrected chi connectivity index (χ1v) is 5.86. The minimum absolute atomic E-state index is 0.0313. The average Bonchev–Trinajstić information content (AvgIpc) is 2.28. The van der Waals surface area contributed by atoms with Gasteiger partial charge in [-0.05, 0) is 34.1 Å². The number of carbonyl (C=O) groups is 1. The van der Waals surface area contributed by atoms with Crippen molar-refractivity contribution in [1.82, 2.24) is 4.90 Å². The maximum atomic E-state index is 11.6. The van der Waals surface area contributed by atoms with Gasteiger partial charge in [0.25, 0.3) is 0 Å². The summed E-state index contributed by atoms with van der Waals surface area (Å²) in [7, 11) is 5.29. The van der Waals surface area contributed by atoms with Crippen LogP contribution >= 0.6 is 15.9 Å². The fraction of sp³-hybridized carbons (Fsp3) is 0.333. The number of benzene rings is 1. The van der Waals surface area contributed by atoms with E-state index in [0.717, 1.165) is 10.2 Å². The van der Waals surface area contributed by atoms with Gasteiger partial charge in [-0.2, -0.15) is 5.26 Å². The van der Waals surface area contributed by atoms with E-state index in [2.05, 4.69) is 22.0 Å². The first-order chi connectivity index (χ1) is 7.95. The summed E-state index contributed by atoms with van der Waals surface area (Å²) in [5.41, 5.74) is 1.48. The van der Waals surface area contributed by atoms with Crippen LogP contribution in [0.5, 0.6) is 0 Å². The largest absolute Gasteiger partial charge is 0.364 e. The molecule has 0 saturated carbocycles. The maximum absolute atomic E-state index is 11.6. The second kappa shape index (κ2) is 5.69. The van der Waals surface area contributed by atoms with E-state index in [9.17, 15) is 4.79 Å². The van der Waals surface area contributed by atoms with Crippen molar-refractivity contribution in [3.05, 3.63) is 28.2 Å². The van der Waals surface area contributed by atoms with Crippen LogP contribution in [0.15, 0.2) is 22.7 Å². The van der Waals surface area contributed by atoms with Gasteiger partial charge in [0.2, 0.25) is 5.91 Å². The third-order valence-corrected chi connectivity index (χ3v) is 2.99. The van der Waals surface area contributed by atoms with Crippen molar-refractivity contribution in [2.45, 2.75) is 0 Å². The first kappa shape index (κ1) is 13.5. The van der Waals surface area contributed by atoms with Crippen LogP contribution in [-0.2, 0) is 4.79 Å². The van der Waals surface area contributed by atoms with Gasteiger partial charge in [-0.1, -0.05) is 0 Å². The average molecular weight is 296 g/mol. The van der Waals surface area contributed by atoms with E-state index < -0.39 is 0 Å². The van der Waals surface area contributed by atoms with Crippen molar-refractivity contribution >= 4 is 27.5 Å². The molecule has 0 fully saturated rings. The predicted molar refractivity (Wildman–Crippen MR) is 70.8 cm³/mol. The van der Waals surface area contributed by atoms with E-state index in [0.29, 0.717) is 12.1 Å². The summed E-state index contributed by atoms with van der Waals surface area (Å²) >= 11 is 3.40. The zero-order valence-corrected chi connectivity index (χ0v) is 11.7. The van der Waals surface area contributed by atoms with Crippen molar-refractivity contribution in [3.63, 3.8) is 0 Å². The molecule has 1 aromatic carbocycles. The van der Waals surface area contributed by atoms with Crippen molar-refractivity contribution in [2.24, 2.45) is 0 Å². The van der Waals surface area contributed by atoms with Crippen LogP contribution in [0.3, 0.4) is 0 Å². The smallest absolute Gasteiger partial charge is 0.241 e. The summed E-state index contributed by atoms with van der Waals surface area (Å²) in [6.07, 6.45) is 0. The zero-order chi connectivity index (χ0) is 13.0. The Labute approximate surface area is 110 Å². The Morgan fingerprint density at radius 1 is 1.41 bits per heavy atom. The molecule has 0 aliphatic rings. The van der Waals surface area contributed by atoms with Gasteiger partial charge in [-0.3, -0.25) is 4.79 Å². The molecule has 0 aliphatic heterocycles. The number of hydrogen-bond donors (Lipinski definition) is 0. The Bertz CT molecular complexity index is 465. The van der Waals surface area contributed by atoms with Gasteiger partial charge in [0.15, 0.2) is 0 Å². The predicted octanol–water partition coefficient (Wildman–Crippen LogP) is 1.85. The lowest BCUT2D eigenvalue weighted by molar-refractivity contribution is -0.127. The molecule has 17 heavy (non-hydrogen) atoms. The van der Waals surface area contributed by atoms with Crippen LogP contribution in [0.4, 0.5) is 5.69 Å². The summed E-state index contributed by atoms with van der Waals surface area (Å²) in [6, 6.07) is 7.37. The fourth-order valence-corrected chi connectivity index (χ4v) is 2.00. The highest BCUT2D eigenvalue weighted by molar-refractivity contribution is 9.10. The molecule has 0 aliphatic carbocycles. The normalized spacial score (nSPS) is 9.59. The SMILES string of the molecule is CN(C)C(=O)CN(C)c1ccc(C#N)cc1Br. The molecule has 0 atom stereocenters. The number of hydrogen-bond acceptors (Lipinski definition) is 3. The minimum Gasteiger partial charge on any atom is -0.364 e. The summed E-state index contributed by atoms with van der Waals surface area (Å²) < 4.78 is 0.811. The topological polar surface area (TPSA) is 47.3 Å². The summed E-state index contributed by atoms with van der Waals surface area (Å²) in [4.78, 5) is 15.0. The number of carbonyl (C=O) groups excluding carboxylic acids is 1. The monoisotopic (exact) mass is 295 g/mol. The Morgan fingerprint density at radius 2 is 2.06 bits per heavy atom. The molecule has 5 heteroatoms. The van der Waals surface area contributed by atoms with Crippen molar-refractivity contribution in [2.75, 3.05) is 32.6 Å². The van der Waals surface area contributed by atoms with Gasteiger partial charge in [0.1, 0.15) is 0 Å². The number of nitrogens with zero attached hydrogens (tertiary/aromatic N) is 3. The quantitative estimate of drug-likeness (QED) is 0.855. The van der Waals surface area contributed by atoms with Crippen LogP contribution in [0, 0.1) is 11.3 Å². The Morgan fingerprint density at radius 3 is 2.53 bits per heavy atom. The molecule has 0 saturated heterocycles. The van der Waals surface area contributed by atoms with Gasteiger partial charge < -0.3 is 9.80 Å². The summed E-state index contributed by atoms with van der Waals surface area (Å²) in [5.74, 6) is 0.0313. The van der Waals surface area contributed by atoms with E-state index in [4.69, 9.17) is 5.26 Å². The number of anilines is 1.